The molecule has 0 aliphatic rings. The number of hydrogen-bond acceptors (Lipinski definition) is 3. The van der Waals surface area contributed by atoms with Gasteiger partial charge in [-0.3, -0.25) is 4.68 Å². The minimum atomic E-state index is -0.390. The van der Waals surface area contributed by atoms with Crippen LogP contribution in [0.5, 0.6) is 0 Å². The Hall–Kier alpha value is -0.900. The number of hydrogen-bond donors (Lipinski definition) is 1. The van der Waals surface area contributed by atoms with Crippen LogP contribution in [-0.4, -0.2) is 15.0 Å². The van der Waals surface area contributed by atoms with Crippen molar-refractivity contribution in [2.45, 2.75) is 77.8 Å². The van der Waals surface area contributed by atoms with Gasteiger partial charge in [-0.25, -0.2) is 0 Å². The fraction of sp³-hybridized carbons (Fsp3) is 0.857. The Morgan fingerprint density at radius 1 is 1.11 bits per heavy atom. The highest BCUT2D eigenvalue weighted by atomic mass is 15.4. The molecule has 0 spiro atoms. The van der Waals surface area contributed by atoms with Crippen LogP contribution >= 0.6 is 0 Å². The van der Waals surface area contributed by atoms with E-state index >= 15 is 0 Å². The van der Waals surface area contributed by atoms with E-state index in [9.17, 15) is 0 Å². The minimum Gasteiger partial charge on any atom is -0.320 e. The molecule has 0 radical (unpaired) electrons. The molecule has 1 heterocycles. The van der Waals surface area contributed by atoms with Crippen molar-refractivity contribution in [2.24, 2.45) is 5.73 Å². The van der Waals surface area contributed by atoms with Crippen molar-refractivity contribution in [1.82, 2.24) is 15.0 Å². The zero-order valence-corrected chi connectivity index (χ0v) is 12.2. The van der Waals surface area contributed by atoms with Crippen LogP contribution in [0.3, 0.4) is 0 Å². The Labute approximate surface area is 111 Å². The van der Waals surface area contributed by atoms with E-state index in [1.165, 1.54) is 44.9 Å². The SMILES string of the molecule is CCCCCCCCCn1cc(C(C)(C)N)nn1. The monoisotopic (exact) mass is 252 g/mol. The van der Waals surface area contributed by atoms with Gasteiger partial charge in [0.1, 0.15) is 5.69 Å². The number of aryl methyl sites for hydroxylation is 1. The summed E-state index contributed by atoms with van der Waals surface area (Å²) in [5.41, 5.74) is 6.45. The number of unbranched alkanes of at least 4 members (excludes halogenated alkanes) is 6. The van der Waals surface area contributed by atoms with Crippen molar-refractivity contribution in [3.8, 4) is 0 Å². The van der Waals surface area contributed by atoms with Crippen molar-refractivity contribution in [1.29, 1.82) is 0 Å². The van der Waals surface area contributed by atoms with E-state index in [4.69, 9.17) is 5.73 Å². The molecule has 0 aliphatic heterocycles. The lowest BCUT2D eigenvalue weighted by molar-refractivity contribution is 0.513. The Balaban J connectivity index is 2.14. The summed E-state index contributed by atoms with van der Waals surface area (Å²) in [6.07, 6.45) is 11.2. The Morgan fingerprint density at radius 3 is 2.28 bits per heavy atom. The van der Waals surface area contributed by atoms with Crippen LogP contribution in [-0.2, 0) is 12.1 Å². The van der Waals surface area contributed by atoms with E-state index in [0.717, 1.165) is 12.2 Å². The maximum atomic E-state index is 5.98. The molecule has 1 aromatic heterocycles. The van der Waals surface area contributed by atoms with Gasteiger partial charge in [-0.2, -0.15) is 0 Å². The van der Waals surface area contributed by atoms with Crippen LogP contribution in [0.4, 0.5) is 0 Å². The van der Waals surface area contributed by atoms with Gasteiger partial charge in [-0.1, -0.05) is 50.7 Å². The second-order valence-corrected chi connectivity index (χ2v) is 5.71. The maximum Gasteiger partial charge on any atom is 0.102 e. The topological polar surface area (TPSA) is 56.7 Å². The van der Waals surface area contributed by atoms with Gasteiger partial charge < -0.3 is 5.73 Å². The van der Waals surface area contributed by atoms with Gasteiger partial charge in [0.25, 0.3) is 0 Å². The van der Waals surface area contributed by atoms with Gasteiger partial charge in [-0.15, -0.1) is 5.10 Å². The van der Waals surface area contributed by atoms with Crippen LogP contribution in [0.2, 0.25) is 0 Å². The van der Waals surface area contributed by atoms with E-state index in [2.05, 4.69) is 17.2 Å². The molecule has 0 aromatic carbocycles. The minimum absolute atomic E-state index is 0.390. The van der Waals surface area contributed by atoms with Crippen LogP contribution in [0.15, 0.2) is 6.20 Å². The first kappa shape index (κ1) is 15.2. The fourth-order valence-corrected chi connectivity index (χ4v) is 1.93. The molecular weight excluding hydrogens is 224 g/mol. The zero-order valence-electron chi connectivity index (χ0n) is 12.2. The van der Waals surface area contributed by atoms with E-state index < -0.39 is 5.54 Å². The van der Waals surface area contributed by atoms with Crippen molar-refractivity contribution < 1.29 is 0 Å². The predicted molar refractivity (Wildman–Crippen MR) is 75.2 cm³/mol. The number of nitrogens with zero attached hydrogens (tertiary/aromatic N) is 3. The first-order valence-corrected chi connectivity index (χ1v) is 7.23. The third-order valence-electron chi connectivity index (χ3n) is 3.19. The number of nitrogens with two attached hydrogens (primary N) is 1. The van der Waals surface area contributed by atoms with Crippen LogP contribution in [0, 0.1) is 0 Å². The highest BCUT2D eigenvalue weighted by molar-refractivity contribution is 5.05. The largest absolute Gasteiger partial charge is 0.320 e. The zero-order chi connectivity index (χ0) is 13.4. The molecule has 4 heteroatoms. The van der Waals surface area contributed by atoms with Gasteiger partial charge in [0.2, 0.25) is 0 Å². The molecular formula is C14H28N4. The Morgan fingerprint density at radius 2 is 1.72 bits per heavy atom. The second kappa shape index (κ2) is 7.52. The molecule has 2 N–H and O–H groups in total. The van der Waals surface area contributed by atoms with E-state index in [0.29, 0.717) is 0 Å². The van der Waals surface area contributed by atoms with Crippen molar-refractivity contribution >= 4 is 0 Å². The summed E-state index contributed by atoms with van der Waals surface area (Å²) in [5.74, 6) is 0. The number of rotatable bonds is 9. The lowest BCUT2D eigenvalue weighted by Crippen LogP contribution is -2.29. The highest BCUT2D eigenvalue weighted by Crippen LogP contribution is 2.13. The summed E-state index contributed by atoms with van der Waals surface area (Å²) in [7, 11) is 0. The number of aromatic nitrogens is 3. The van der Waals surface area contributed by atoms with Crippen LogP contribution in [0.25, 0.3) is 0 Å². The molecule has 0 atom stereocenters. The quantitative estimate of drug-likeness (QED) is 0.686. The third-order valence-corrected chi connectivity index (χ3v) is 3.19. The lowest BCUT2D eigenvalue weighted by Gasteiger charge is -2.13. The van der Waals surface area contributed by atoms with E-state index in [1.807, 2.05) is 24.7 Å². The maximum absolute atomic E-state index is 5.98. The van der Waals surface area contributed by atoms with Crippen LogP contribution < -0.4 is 5.73 Å². The molecule has 0 amide bonds. The van der Waals surface area contributed by atoms with Gasteiger partial charge in [-0.05, 0) is 20.3 Å². The van der Waals surface area contributed by atoms with E-state index in [1.54, 1.807) is 0 Å². The summed E-state index contributed by atoms with van der Waals surface area (Å²) in [6, 6.07) is 0. The molecule has 0 saturated heterocycles. The van der Waals surface area contributed by atoms with Gasteiger partial charge in [0, 0.05) is 6.54 Å². The molecule has 104 valence electrons. The predicted octanol–water partition coefficient (Wildman–Crippen LogP) is 3.22. The Bertz CT molecular complexity index is 325. The fourth-order valence-electron chi connectivity index (χ4n) is 1.93. The first-order chi connectivity index (χ1) is 8.54. The summed E-state index contributed by atoms with van der Waals surface area (Å²) in [5, 5.41) is 8.23. The molecule has 1 aromatic rings. The molecule has 0 aliphatic carbocycles. The molecule has 4 nitrogen and oxygen atoms in total. The normalized spacial score (nSPS) is 12.0. The molecule has 1 rings (SSSR count). The van der Waals surface area contributed by atoms with Crippen molar-refractivity contribution in [3.63, 3.8) is 0 Å². The van der Waals surface area contributed by atoms with Crippen molar-refractivity contribution in [3.05, 3.63) is 11.9 Å². The summed E-state index contributed by atoms with van der Waals surface area (Å²) in [4.78, 5) is 0. The van der Waals surface area contributed by atoms with E-state index in [-0.39, 0.29) is 0 Å². The second-order valence-electron chi connectivity index (χ2n) is 5.71. The summed E-state index contributed by atoms with van der Waals surface area (Å²) >= 11 is 0. The summed E-state index contributed by atoms with van der Waals surface area (Å²) < 4.78 is 1.91. The lowest BCUT2D eigenvalue weighted by atomic mass is 10.0. The van der Waals surface area contributed by atoms with Crippen LogP contribution in [0.1, 0.15) is 71.4 Å². The molecule has 0 saturated carbocycles. The highest BCUT2D eigenvalue weighted by Gasteiger charge is 2.17. The third kappa shape index (κ3) is 5.63. The van der Waals surface area contributed by atoms with Gasteiger partial charge >= 0.3 is 0 Å². The first-order valence-electron chi connectivity index (χ1n) is 7.23. The molecule has 0 fully saturated rings. The standard InChI is InChI=1S/C14H28N4/c1-4-5-6-7-8-9-10-11-18-12-13(16-17-18)14(2,3)15/h12H,4-11,15H2,1-3H3. The molecule has 0 bridgehead atoms. The smallest absolute Gasteiger partial charge is 0.102 e. The summed E-state index contributed by atoms with van der Waals surface area (Å²) in [6.45, 7) is 7.11. The van der Waals surface area contributed by atoms with Gasteiger partial charge in [0.15, 0.2) is 0 Å². The van der Waals surface area contributed by atoms with Crippen molar-refractivity contribution in [2.75, 3.05) is 0 Å². The average Bonchev–Trinajstić information content (AvgIpc) is 2.76. The average molecular weight is 252 g/mol. The molecule has 18 heavy (non-hydrogen) atoms. The Kier molecular flexibility index (Phi) is 6.33. The van der Waals surface area contributed by atoms with Gasteiger partial charge in [0.05, 0.1) is 11.7 Å². The molecule has 0 unspecified atom stereocenters.